The van der Waals surface area contributed by atoms with Crippen LogP contribution >= 0.6 is 0 Å². The Hall–Kier alpha value is -3.05. The van der Waals surface area contributed by atoms with Crippen LogP contribution in [0.3, 0.4) is 0 Å². The third-order valence-electron chi connectivity index (χ3n) is 5.59. The maximum Gasteiger partial charge on any atom is 0.169 e. The molecule has 164 valence electrons. The van der Waals surface area contributed by atoms with Crippen LogP contribution in [0.4, 0.5) is 0 Å². The summed E-state index contributed by atoms with van der Waals surface area (Å²) in [4.78, 5) is 14.7. The molecular formula is C28H29NO3. The second-order valence-electron chi connectivity index (χ2n) is 8.05. The lowest BCUT2D eigenvalue weighted by Crippen LogP contribution is -2.47. The van der Waals surface area contributed by atoms with Crippen LogP contribution in [0.5, 0.6) is 0 Å². The Kier molecular flexibility index (Phi) is 7.99. The van der Waals surface area contributed by atoms with Crippen molar-refractivity contribution in [1.82, 2.24) is 4.90 Å². The predicted molar refractivity (Wildman–Crippen MR) is 126 cm³/mol. The highest BCUT2D eigenvalue weighted by molar-refractivity contribution is 5.91. The van der Waals surface area contributed by atoms with Gasteiger partial charge in [-0.3, -0.25) is 9.69 Å². The van der Waals surface area contributed by atoms with Crippen LogP contribution in [0.25, 0.3) is 0 Å². The summed E-state index contributed by atoms with van der Waals surface area (Å²) < 4.78 is 12.5. The molecule has 1 aliphatic heterocycles. The number of ketones is 1. The molecule has 0 amide bonds. The van der Waals surface area contributed by atoms with E-state index in [0.717, 1.165) is 16.7 Å². The number of nitrogens with zero attached hydrogens (tertiary/aromatic N) is 1. The van der Waals surface area contributed by atoms with Crippen molar-refractivity contribution in [3.05, 3.63) is 120 Å². The van der Waals surface area contributed by atoms with Gasteiger partial charge < -0.3 is 9.47 Å². The Morgan fingerprint density at radius 3 is 1.94 bits per heavy atom. The van der Waals surface area contributed by atoms with E-state index < -0.39 is 0 Å². The minimum Gasteiger partial charge on any atom is -0.375 e. The van der Waals surface area contributed by atoms with Gasteiger partial charge in [-0.2, -0.15) is 0 Å². The van der Waals surface area contributed by atoms with E-state index in [-0.39, 0.29) is 17.9 Å². The van der Waals surface area contributed by atoms with E-state index in [1.807, 2.05) is 72.8 Å². The molecule has 4 rings (SSSR count). The molecule has 0 spiro atoms. The molecule has 0 fully saturated rings. The summed E-state index contributed by atoms with van der Waals surface area (Å²) in [6.07, 6.45) is 3.30. The summed E-state index contributed by atoms with van der Waals surface area (Å²) in [6.45, 7) is 2.49. The first-order valence-corrected chi connectivity index (χ1v) is 11.0. The smallest absolute Gasteiger partial charge is 0.169 e. The van der Waals surface area contributed by atoms with Gasteiger partial charge in [-0.15, -0.1) is 0 Å². The Labute approximate surface area is 190 Å². The largest absolute Gasteiger partial charge is 0.375 e. The normalized spacial score (nSPS) is 19.1. The summed E-state index contributed by atoms with van der Waals surface area (Å²) in [6, 6.07) is 30.4. The fraction of sp³-hybridized carbons (Fsp3) is 0.250. The minimum atomic E-state index is -0.249. The van der Waals surface area contributed by atoms with E-state index in [1.54, 1.807) is 6.08 Å². The van der Waals surface area contributed by atoms with Crippen LogP contribution in [0.1, 0.15) is 16.7 Å². The second kappa shape index (κ2) is 11.5. The first kappa shape index (κ1) is 22.2. The minimum absolute atomic E-state index is 0.0784. The zero-order valence-electron chi connectivity index (χ0n) is 18.2. The van der Waals surface area contributed by atoms with Crippen molar-refractivity contribution in [2.75, 3.05) is 13.2 Å². The SMILES string of the molecule is O=C1C=CC(OCc2ccccc2)C(COCc2ccccc2)N(Cc2ccccc2)C1. The molecule has 0 bridgehead atoms. The molecule has 4 nitrogen and oxygen atoms in total. The topological polar surface area (TPSA) is 38.8 Å². The van der Waals surface area contributed by atoms with Crippen LogP contribution < -0.4 is 0 Å². The molecule has 0 aliphatic carbocycles. The Balaban J connectivity index is 1.50. The highest BCUT2D eigenvalue weighted by Gasteiger charge is 2.31. The van der Waals surface area contributed by atoms with Gasteiger partial charge in [0, 0.05) is 6.54 Å². The van der Waals surface area contributed by atoms with Gasteiger partial charge in [-0.1, -0.05) is 97.1 Å². The third-order valence-corrected chi connectivity index (χ3v) is 5.59. The van der Waals surface area contributed by atoms with Crippen LogP contribution in [0.15, 0.2) is 103 Å². The highest BCUT2D eigenvalue weighted by Crippen LogP contribution is 2.20. The number of rotatable bonds is 9. The Bertz CT molecular complexity index is 989. The number of carbonyl (C=O) groups is 1. The van der Waals surface area contributed by atoms with E-state index in [1.165, 1.54) is 0 Å². The molecule has 0 saturated carbocycles. The fourth-order valence-electron chi connectivity index (χ4n) is 3.90. The maximum absolute atomic E-state index is 12.5. The Morgan fingerprint density at radius 2 is 1.31 bits per heavy atom. The van der Waals surface area contributed by atoms with Gasteiger partial charge in [0.2, 0.25) is 0 Å². The van der Waals surface area contributed by atoms with Gasteiger partial charge in [0.25, 0.3) is 0 Å². The summed E-state index contributed by atoms with van der Waals surface area (Å²) in [7, 11) is 0. The number of hydrogen-bond acceptors (Lipinski definition) is 4. The van der Waals surface area contributed by atoms with Crippen LogP contribution in [-0.4, -0.2) is 36.0 Å². The molecule has 2 atom stereocenters. The molecule has 0 radical (unpaired) electrons. The molecule has 0 aromatic heterocycles. The van der Waals surface area contributed by atoms with E-state index in [0.29, 0.717) is 32.9 Å². The molecule has 3 aromatic carbocycles. The Morgan fingerprint density at radius 1 is 0.750 bits per heavy atom. The van der Waals surface area contributed by atoms with E-state index in [2.05, 4.69) is 29.2 Å². The molecule has 1 heterocycles. The van der Waals surface area contributed by atoms with Crippen LogP contribution in [0, 0.1) is 0 Å². The van der Waals surface area contributed by atoms with Crippen molar-refractivity contribution >= 4 is 5.78 Å². The summed E-state index contributed by atoms with van der Waals surface area (Å²) >= 11 is 0. The van der Waals surface area contributed by atoms with Crippen molar-refractivity contribution in [3.63, 3.8) is 0 Å². The average Bonchev–Trinajstić information content (AvgIpc) is 2.98. The summed E-state index contributed by atoms with van der Waals surface area (Å²) in [5, 5.41) is 0. The second-order valence-corrected chi connectivity index (χ2v) is 8.05. The lowest BCUT2D eigenvalue weighted by atomic mass is 10.1. The first-order chi connectivity index (χ1) is 15.8. The maximum atomic E-state index is 12.5. The highest BCUT2D eigenvalue weighted by atomic mass is 16.5. The number of carbonyl (C=O) groups excluding carboxylic acids is 1. The van der Waals surface area contributed by atoms with Crippen LogP contribution in [-0.2, 0) is 34.0 Å². The van der Waals surface area contributed by atoms with Gasteiger partial charge in [-0.05, 0) is 22.8 Å². The van der Waals surface area contributed by atoms with Gasteiger partial charge in [-0.25, -0.2) is 0 Å². The van der Waals surface area contributed by atoms with Gasteiger partial charge in [0.1, 0.15) is 0 Å². The van der Waals surface area contributed by atoms with Gasteiger partial charge >= 0.3 is 0 Å². The molecule has 2 unspecified atom stereocenters. The molecular weight excluding hydrogens is 398 g/mol. The zero-order chi connectivity index (χ0) is 22.0. The quantitative estimate of drug-likeness (QED) is 0.492. The summed E-state index contributed by atoms with van der Waals surface area (Å²) in [5.74, 6) is 0.0831. The third kappa shape index (κ3) is 6.47. The lowest BCUT2D eigenvalue weighted by molar-refractivity contribution is -0.117. The molecule has 32 heavy (non-hydrogen) atoms. The monoisotopic (exact) mass is 427 g/mol. The first-order valence-electron chi connectivity index (χ1n) is 11.0. The van der Waals surface area contributed by atoms with Crippen molar-refractivity contribution in [1.29, 1.82) is 0 Å². The lowest BCUT2D eigenvalue weighted by Gasteiger charge is -2.34. The van der Waals surface area contributed by atoms with Gasteiger partial charge in [0.15, 0.2) is 5.78 Å². The predicted octanol–water partition coefficient (Wildman–Crippen LogP) is 4.80. The van der Waals surface area contributed by atoms with Crippen molar-refractivity contribution in [3.8, 4) is 0 Å². The number of ether oxygens (including phenoxy) is 2. The van der Waals surface area contributed by atoms with Crippen molar-refractivity contribution < 1.29 is 14.3 Å². The standard InChI is InChI=1S/C28H29NO3/c30-26-16-17-28(32-21-25-14-8-3-9-15-25)27(22-31-20-24-12-6-2-7-13-24)29(19-26)18-23-10-4-1-5-11-23/h1-17,27-28H,18-22H2. The summed E-state index contributed by atoms with van der Waals surface area (Å²) in [5.41, 5.74) is 3.40. The molecule has 3 aromatic rings. The van der Waals surface area contributed by atoms with Crippen LogP contribution in [0.2, 0.25) is 0 Å². The van der Waals surface area contributed by atoms with E-state index in [9.17, 15) is 4.79 Å². The average molecular weight is 428 g/mol. The number of hydrogen-bond donors (Lipinski definition) is 0. The molecule has 0 N–H and O–H groups in total. The fourth-order valence-corrected chi connectivity index (χ4v) is 3.90. The van der Waals surface area contributed by atoms with Crippen molar-refractivity contribution in [2.45, 2.75) is 31.9 Å². The van der Waals surface area contributed by atoms with E-state index in [4.69, 9.17) is 9.47 Å². The molecule has 1 aliphatic rings. The zero-order valence-corrected chi connectivity index (χ0v) is 18.2. The number of benzene rings is 3. The van der Waals surface area contributed by atoms with Gasteiger partial charge in [0.05, 0.1) is 38.5 Å². The van der Waals surface area contributed by atoms with E-state index >= 15 is 0 Å². The molecule has 4 heteroatoms. The molecule has 0 saturated heterocycles. The van der Waals surface area contributed by atoms with Crippen molar-refractivity contribution in [2.24, 2.45) is 0 Å².